The summed E-state index contributed by atoms with van der Waals surface area (Å²) in [5.74, 6) is 2.51. The van der Waals surface area contributed by atoms with Crippen LogP contribution >= 0.6 is 0 Å². The third-order valence-corrected chi connectivity index (χ3v) is 5.81. The van der Waals surface area contributed by atoms with Crippen LogP contribution in [0.3, 0.4) is 0 Å². The lowest BCUT2D eigenvalue weighted by Crippen LogP contribution is -2.44. The summed E-state index contributed by atoms with van der Waals surface area (Å²) in [5, 5.41) is 18.5. The molecule has 1 saturated heterocycles. The number of hydrogen-bond donors (Lipinski definition) is 1. The lowest BCUT2D eigenvalue weighted by atomic mass is 10.1. The molecule has 8 nitrogen and oxygen atoms in total. The second-order valence-electron chi connectivity index (χ2n) is 8.10. The molecule has 5 rings (SSSR count). The average Bonchev–Trinajstić information content (AvgIpc) is 3.49. The van der Waals surface area contributed by atoms with E-state index in [1.165, 1.54) is 0 Å². The number of aromatic nitrogens is 4. The van der Waals surface area contributed by atoms with Gasteiger partial charge >= 0.3 is 0 Å². The molecule has 0 unspecified atom stereocenters. The Morgan fingerprint density at radius 3 is 2.66 bits per heavy atom. The van der Waals surface area contributed by atoms with Crippen LogP contribution in [-0.2, 0) is 0 Å². The highest BCUT2D eigenvalue weighted by Crippen LogP contribution is 2.39. The Hall–Kier alpha value is -2.58. The molecular weight excluding hydrogens is 366 g/mol. The molecule has 2 aliphatic rings. The van der Waals surface area contributed by atoms with Crippen LogP contribution in [0.1, 0.15) is 31.0 Å². The molecule has 0 amide bonds. The Balaban J connectivity index is 1.27. The number of rotatable bonds is 7. The SMILES string of the molecule is CN1CCN(CCCNc2nnc(-c3nc(C4CC4)no3)c3ccccc23)CC1. The van der Waals surface area contributed by atoms with Gasteiger partial charge in [-0.3, -0.25) is 0 Å². The molecule has 0 spiro atoms. The summed E-state index contributed by atoms with van der Waals surface area (Å²) >= 11 is 0. The standard InChI is InChI=1S/C21H27N7O/c1-27-11-13-28(14-12-27)10-4-9-22-20-17-6-3-2-5-16(17)18(24-25-20)21-23-19(26-29-21)15-7-8-15/h2-3,5-6,15H,4,7-14H2,1H3,(H,22,25). The van der Waals surface area contributed by atoms with Crippen molar-refractivity contribution in [3.05, 3.63) is 30.1 Å². The minimum absolute atomic E-state index is 0.452. The van der Waals surface area contributed by atoms with Gasteiger partial charge in [0.15, 0.2) is 17.3 Å². The highest BCUT2D eigenvalue weighted by molar-refractivity contribution is 5.98. The number of likely N-dealkylation sites (N-methyl/N-ethyl adjacent to an activating group) is 1. The Morgan fingerprint density at radius 2 is 1.86 bits per heavy atom. The van der Waals surface area contributed by atoms with Gasteiger partial charge in [-0.1, -0.05) is 29.4 Å². The fourth-order valence-corrected chi connectivity index (χ4v) is 3.81. The van der Waals surface area contributed by atoms with Crippen molar-refractivity contribution in [2.45, 2.75) is 25.2 Å². The van der Waals surface area contributed by atoms with Gasteiger partial charge in [0, 0.05) is 49.4 Å². The zero-order valence-corrected chi connectivity index (χ0v) is 16.8. The second kappa shape index (κ2) is 8.04. The molecule has 29 heavy (non-hydrogen) atoms. The number of fused-ring (bicyclic) bond motifs is 1. The van der Waals surface area contributed by atoms with Gasteiger partial charge in [-0.2, -0.15) is 4.98 Å². The molecule has 3 aromatic rings. The Morgan fingerprint density at radius 1 is 1.07 bits per heavy atom. The van der Waals surface area contributed by atoms with Crippen LogP contribution in [0.4, 0.5) is 5.82 Å². The van der Waals surface area contributed by atoms with Crippen molar-refractivity contribution in [3.63, 3.8) is 0 Å². The minimum atomic E-state index is 0.452. The predicted octanol–water partition coefficient (Wildman–Crippen LogP) is 2.61. The lowest BCUT2D eigenvalue weighted by molar-refractivity contribution is 0.154. The van der Waals surface area contributed by atoms with Gasteiger partial charge in [0.2, 0.25) is 0 Å². The van der Waals surface area contributed by atoms with E-state index in [0.29, 0.717) is 17.5 Å². The largest absolute Gasteiger partial charge is 0.368 e. The van der Waals surface area contributed by atoms with E-state index >= 15 is 0 Å². The minimum Gasteiger partial charge on any atom is -0.368 e. The topological polar surface area (TPSA) is 83.2 Å². The average molecular weight is 393 g/mol. The summed E-state index contributed by atoms with van der Waals surface area (Å²) in [6, 6.07) is 8.12. The first-order valence-electron chi connectivity index (χ1n) is 10.5. The summed E-state index contributed by atoms with van der Waals surface area (Å²) < 4.78 is 5.48. The fourth-order valence-electron chi connectivity index (χ4n) is 3.81. The third kappa shape index (κ3) is 4.09. The van der Waals surface area contributed by atoms with Crippen LogP contribution in [0.15, 0.2) is 28.8 Å². The van der Waals surface area contributed by atoms with Crippen LogP contribution in [0.25, 0.3) is 22.4 Å². The van der Waals surface area contributed by atoms with Crippen LogP contribution in [-0.4, -0.2) is 76.5 Å². The molecule has 0 bridgehead atoms. The highest BCUT2D eigenvalue weighted by Gasteiger charge is 2.29. The molecule has 1 aromatic carbocycles. The van der Waals surface area contributed by atoms with E-state index in [1.807, 2.05) is 18.2 Å². The maximum atomic E-state index is 5.48. The Bertz CT molecular complexity index is 976. The quantitative estimate of drug-likeness (QED) is 0.614. The zero-order chi connectivity index (χ0) is 19.6. The number of hydrogen-bond acceptors (Lipinski definition) is 8. The van der Waals surface area contributed by atoms with Crippen LogP contribution in [0.2, 0.25) is 0 Å². The van der Waals surface area contributed by atoms with Crippen molar-refractivity contribution in [1.82, 2.24) is 30.1 Å². The summed E-state index contributed by atoms with van der Waals surface area (Å²) in [6.07, 6.45) is 3.36. The lowest BCUT2D eigenvalue weighted by Gasteiger charge is -2.32. The smallest absolute Gasteiger partial charge is 0.279 e. The molecule has 8 heteroatoms. The molecule has 1 saturated carbocycles. The molecule has 2 fully saturated rings. The van der Waals surface area contributed by atoms with Crippen molar-refractivity contribution in [3.8, 4) is 11.6 Å². The van der Waals surface area contributed by atoms with E-state index in [-0.39, 0.29) is 0 Å². The van der Waals surface area contributed by atoms with E-state index in [9.17, 15) is 0 Å². The van der Waals surface area contributed by atoms with Crippen molar-refractivity contribution < 1.29 is 4.52 Å². The molecule has 0 radical (unpaired) electrons. The number of benzene rings is 1. The van der Waals surface area contributed by atoms with E-state index < -0.39 is 0 Å². The van der Waals surface area contributed by atoms with Crippen LogP contribution < -0.4 is 5.32 Å². The molecule has 3 heterocycles. The normalized spacial score (nSPS) is 18.4. The van der Waals surface area contributed by atoms with Gasteiger partial charge < -0.3 is 19.6 Å². The maximum absolute atomic E-state index is 5.48. The molecule has 1 N–H and O–H groups in total. The summed E-state index contributed by atoms with van der Waals surface area (Å²) in [7, 11) is 2.19. The summed E-state index contributed by atoms with van der Waals surface area (Å²) in [5.41, 5.74) is 0.656. The monoisotopic (exact) mass is 393 g/mol. The summed E-state index contributed by atoms with van der Waals surface area (Å²) in [6.45, 7) is 6.60. The van der Waals surface area contributed by atoms with Crippen LogP contribution in [0, 0.1) is 0 Å². The number of nitrogens with zero attached hydrogens (tertiary/aromatic N) is 6. The molecule has 152 valence electrons. The van der Waals surface area contributed by atoms with Crippen molar-refractivity contribution >= 4 is 16.6 Å². The van der Waals surface area contributed by atoms with Crippen molar-refractivity contribution in [2.24, 2.45) is 0 Å². The third-order valence-electron chi connectivity index (χ3n) is 5.81. The molecule has 0 atom stereocenters. The van der Waals surface area contributed by atoms with E-state index in [0.717, 1.165) is 80.9 Å². The molecule has 2 aromatic heterocycles. The first-order valence-corrected chi connectivity index (χ1v) is 10.5. The number of piperazine rings is 1. The predicted molar refractivity (Wildman–Crippen MR) is 112 cm³/mol. The second-order valence-corrected chi connectivity index (χ2v) is 8.10. The zero-order valence-electron chi connectivity index (χ0n) is 16.8. The van der Waals surface area contributed by atoms with Crippen LogP contribution in [0.5, 0.6) is 0 Å². The van der Waals surface area contributed by atoms with Gasteiger partial charge in [0.1, 0.15) is 0 Å². The first kappa shape index (κ1) is 18.4. The number of nitrogens with one attached hydrogen (secondary N) is 1. The summed E-state index contributed by atoms with van der Waals surface area (Å²) in [4.78, 5) is 9.46. The van der Waals surface area contributed by atoms with Crippen molar-refractivity contribution in [2.75, 3.05) is 51.6 Å². The maximum Gasteiger partial charge on any atom is 0.279 e. The highest BCUT2D eigenvalue weighted by atomic mass is 16.5. The molecule has 1 aliphatic carbocycles. The number of anilines is 1. The Labute approximate surface area is 170 Å². The van der Waals surface area contributed by atoms with Gasteiger partial charge in [0.25, 0.3) is 5.89 Å². The van der Waals surface area contributed by atoms with Gasteiger partial charge in [-0.15, -0.1) is 10.2 Å². The fraction of sp³-hybridized carbons (Fsp3) is 0.524. The van der Waals surface area contributed by atoms with E-state index in [1.54, 1.807) is 0 Å². The van der Waals surface area contributed by atoms with Gasteiger partial charge in [-0.05, 0) is 32.9 Å². The van der Waals surface area contributed by atoms with Gasteiger partial charge in [0.05, 0.1) is 0 Å². The Kier molecular flexibility index (Phi) is 5.12. The molecular formula is C21H27N7O. The van der Waals surface area contributed by atoms with Gasteiger partial charge in [-0.25, -0.2) is 0 Å². The van der Waals surface area contributed by atoms with Crippen molar-refractivity contribution in [1.29, 1.82) is 0 Å². The molecule has 1 aliphatic heterocycles. The van der Waals surface area contributed by atoms with E-state index in [4.69, 9.17) is 4.52 Å². The first-order chi connectivity index (χ1) is 14.3. The van der Waals surface area contributed by atoms with E-state index in [2.05, 4.69) is 48.6 Å².